The lowest BCUT2D eigenvalue weighted by atomic mass is 10.1. The second-order valence-corrected chi connectivity index (χ2v) is 14.8. The molecule has 0 aliphatic carbocycles. The highest BCUT2D eigenvalue weighted by atomic mass is 32.2. The number of benzene rings is 5. The van der Waals surface area contributed by atoms with Crippen LogP contribution in [0.4, 0.5) is 16.4 Å². The third-order valence-electron chi connectivity index (χ3n) is 8.65. The van der Waals surface area contributed by atoms with Crippen molar-refractivity contribution >= 4 is 75.1 Å². The van der Waals surface area contributed by atoms with Crippen molar-refractivity contribution < 1.29 is 33.4 Å². The van der Waals surface area contributed by atoms with E-state index in [9.17, 15) is 24.0 Å². The fourth-order valence-corrected chi connectivity index (χ4v) is 7.92. The maximum absolute atomic E-state index is 14.2. The van der Waals surface area contributed by atoms with Gasteiger partial charge in [0.25, 0.3) is 17.7 Å². The highest BCUT2D eigenvalue weighted by Crippen LogP contribution is 2.40. The molecular formula is C45H38N4O7S2. The first-order valence-electron chi connectivity index (χ1n) is 17.9. The number of thioether (sulfide) groups is 1. The number of amides is 4. The van der Waals surface area contributed by atoms with Gasteiger partial charge in [-0.1, -0.05) is 84.9 Å². The van der Waals surface area contributed by atoms with Crippen molar-refractivity contribution in [2.75, 3.05) is 30.2 Å². The molecule has 1 unspecified atom stereocenters. The normalized spacial score (nSPS) is 11.5. The second kappa shape index (κ2) is 19.3. The number of carbonyl (C=O) groups excluding carboxylic acids is 5. The summed E-state index contributed by atoms with van der Waals surface area (Å²) < 4.78 is 10.3. The Balaban J connectivity index is 1.25. The maximum atomic E-state index is 14.2. The van der Waals surface area contributed by atoms with Crippen molar-refractivity contribution in [3.05, 3.63) is 178 Å². The topological polar surface area (TPSA) is 152 Å². The molecule has 0 saturated carbocycles. The van der Waals surface area contributed by atoms with Crippen LogP contribution < -0.4 is 26.0 Å². The van der Waals surface area contributed by atoms with E-state index >= 15 is 0 Å². The molecule has 1 aromatic heterocycles. The second-order valence-electron chi connectivity index (χ2n) is 12.6. The zero-order valence-electron chi connectivity index (χ0n) is 31.6. The third kappa shape index (κ3) is 10.3. The quantitative estimate of drug-likeness (QED) is 0.0484. The van der Waals surface area contributed by atoms with Crippen molar-refractivity contribution in [2.45, 2.75) is 17.1 Å². The Labute approximate surface area is 343 Å². The van der Waals surface area contributed by atoms with Gasteiger partial charge in [0.2, 0.25) is 5.91 Å². The van der Waals surface area contributed by atoms with Crippen LogP contribution in [0, 0.1) is 6.92 Å². The average Bonchev–Trinajstić information content (AvgIpc) is 3.58. The SMILES string of the molecule is COC(=O)c1c(NC(=O)C(Sc2cccc(NC(=O)/C(=C\c3ccc(OC)cc3)NC(=O)c3ccccc3)c2)c2ccccc2)sc(C(=O)Nc2ccccc2)c1C. The van der Waals surface area contributed by atoms with Crippen LogP contribution in [0.25, 0.3) is 6.08 Å². The van der Waals surface area contributed by atoms with E-state index in [1.54, 1.807) is 123 Å². The van der Waals surface area contributed by atoms with Gasteiger partial charge in [-0.05, 0) is 84.3 Å². The average molecular weight is 811 g/mol. The fraction of sp³-hybridized carbons (Fsp3) is 0.0889. The number of esters is 1. The molecule has 0 aliphatic rings. The molecule has 58 heavy (non-hydrogen) atoms. The van der Waals surface area contributed by atoms with Crippen molar-refractivity contribution in [3.63, 3.8) is 0 Å². The molecule has 11 nitrogen and oxygen atoms in total. The Morgan fingerprint density at radius 3 is 1.98 bits per heavy atom. The maximum Gasteiger partial charge on any atom is 0.341 e. The highest BCUT2D eigenvalue weighted by molar-refractivity contribution is 8.00. The monoisotopic (exact) mass is 810 g/mol. The van der Waals surface area contributed by atoms with Gasteiger partial charge in [0.15, 0.2) is 0 Å². The summed E-state index contributed by atoms with van der Waals surface area (Å²) in [5, 5.41) is 10.7. The molecule has 292 valence electrons. The molecule has 6 rings (SSSR count). The molecule has 1 heterocycles. The fourth-order valence-electron chi connectivity index (χ4n) is 5.74. The van der Waals surface area contributed by atoms with Crippen LogP contribution in [0.1, 0.15) is 52.3 Å². The Morgan fingerprint density at radius 1 is 0.690 bits per heavy atom. The van der Waals surface area contributed by atoms with Gasteiger partial charge < -0.3 is 30.7 Å². The number of anilines is 3. The largest absolute Gasteiger partial charge is 0.497 e. The molecule has 0 fully saturated rings. The van der Waals surface area contributed by atoms with Crippen LogP contribution in [-0.4, -0.2) is 43.8 Å². The molecule has 4 amide bonds. The van der Waals surface area contributed by atoms with Crippen LogP contribution in [0.3, 0.4) is 0 Å². The lowest BCUT2D eigenvalue weighted by Crippen LogP contribution is -2.30. The van der Waals surface area contributed by atoms with E-state index in [4.69, 9.17) is 9.47 Å². The van der Waals surface area contributed by atoms with E-state index in [2.05, 4.69) is 21.3 Å². The van der Waals surface area contributed by atoms with Gasteiger partial charge in [0.1, 0.15) is 21.7 Å². The molecular weight excluding hydrogens is 773 g/mol. The van der Waals surface area contributed by atoms with E-state index < -0.39 is 34.8 Å². The van der Waals surface area contributed by atoms with Crippen molar-refractivity contribution in [2.24, 2.45) is 0 Å². The third-order valence-corrected chi connectivity index (χ3v) is 11.1. The van der Waals surface area contributed by atoms with Gasteiger partial charge in [-0.3, -0.25) is 19.2 Å². The Bertz CT molecular complexity index is 2450. The van der Waals surface area contributed by atoms with E-state index in [0.717, 1.165) is 11.3 Å². The van der Waals surface area contributed by atoms with Gasteiger partial charge in [0, 0.05) is 21.8 Å². The Morgan fingerprint density at radius 2 is 1.33 bits per heavy atom. The van der Waals surface area contributed by atoms with Gasteiger partial charge in [-0.25, -0.2) is 4.79 Å². The molecule has 0 bridgehead atoms. The minimum Gasteiger partial charge on any atom is -0.497 e. The number of hydrogen-bond donors (Lipinski definition) is 4. The molecule has 0 saturated heterocycles. The van der Waals surface area contributed by atoms with Gasteiger partial charge in [-0.2, -0.15) is 0 Å². The first kappa shape index (κ1) is 40.7. The first-order valence-corrected chi connectivity index (χ1v) is 19.6. The summed E-state index contributed by atoms with van der Waals surface area (Å²) >= 11 is 2.20. The number of thiophene rings is 1. The van der Waals surface area contributed by atoms with Gasteiger partial charge >= 0.3 is 5.97 Å². The van der Waals surface area contributed by atoms with Crippen LogP contribution in [0.2, 0.25) is 0 Å². The van der Waals surface area contributed by atoms with E-state index in [1.165, 1.54) is 18.9 Å². The van der Waals surface area contributed by atoms with Crippen molar-refractivity contribution in [1.82, 2.24) is 5.32 Å². The Kier molecular flexibility index (Phi) is 13.5. The van der Waals surface area contributed by atoms with Crippen LogP contribution in [0.5, 0.6) is 5.75 Å². The summed E-state index contributed by atoms with van der Waals surface area (Å²) in [7, 11) is 2.79. The minimum absolute atomic E-state index is 0.00286. The first-order chi connectivity index (χ1) is 28.1. The summed E-state index contributed by atoms with van der Waals surface area (Å²) in [6.45, 7) is 1.63. The van der Waals surface area contributed by atoms with E-state index in [0.29, 0.717) is 44.3 Å². The lowest BCUT2D eigenvalue weighted by Gasteiger charge is -2.18. The Hall–Kier alpha value is -6.96. The summed E-state index contributed by atoms with van der Waals surface area (Å²) in [5.74, 6) is -1.99. The van der Waals surface area contributed by atoms with Crippen LogP contribution in [-0.2, 0) is 14.3 Å². The van der Waals surface area contributed by atoms with Gasteiger partial charge in [-0.15, -0.1) is 23.1 Å². The summed E-state index contributed by atoms with van der Waals surface area (Å²) in [4.78, 5) is 68.5. The molecule has 0 radical (unpaired) electrons. The number of methoxy groups -OCH3 is 2. The number of para-hydroxylation sites is 1. The van der Waals surface area contributed by atoms with E-state index in [-0.39, 0.29) is 21.1 Å². The van der Waals surface area contributed by atoms with Crippen molar-refractivity contribution in [3.8, 4) is 5.75 Å². The number of hydrogen-bond acceptors (Lipinski definition) is 9. The van der Waals surface area contributed by atoms with Gasteiger partial charge in [0.05, 0.1) is 24.7 Å². The molecule has 1 atom stereocenters. The summed E-state index contributed by atoms with van der Waals surface area (Å²) in [6.07, 6.45) is 1.57. The lowest BCUT2D eigenvalue weighted by molar-refractivity contribution is -0.116. The molecule has 13 heteroatoms. The highest BCUT2D eigenvalue weighted by Gasteiger charge is 2.30. The minimum atomic E-state index is -0.836. The zero-order chi connectivity index (χ0) is 41.0. The smallest absolute Gasteiger partial charge is 0.341 e. The number of carbonyl (C=O) groups is 5. The molecule has 0 aliphatic heterocycles. The molecule has 6 aromatic rings. The summed E-state index contributed by atoms with van der Waals surface area (Å²) in [5.41, 5.74) is 3.14. The van der Waals surface area contributed by atoms with Crippen LogP contribution >= 0.6 is 23.1 Å². The molecule has 0 spiro atoms. The predicted octanol–water partition coefficient (Wildman–Crippen LogP) is 8.99. The number of ether oxygens (including phenoxy) is 2. The molecule has 5 aromatic carbocycles. The number of nitrogens with one attached hydrogen (secondary N) is 4. The van der Waals surface area contributed by atoms with Crippen LogP contribution in [0.15, 0.2) is 150 Å². The summed E-state index contributed by atoms with van der Waals surface area (Å²) in [6, 6.07) is 40.5. The van der Waals surface area contributed by atoms with Crippen molar-refractivity contribution in [1.29, 1.82) is 0 Å². The molecule has 4 N–H and O–H groups in total. The van der Waals surface area contributed by atoms with E-state index in [1.807, 2.05) is 36.4 Å². The predicted molar refractivity (Wildman–Crippen MR) is 228 cm³/mol. The standard InChI is InChI=1S/C45H38N4O7S2/c1-28-37(45(54)56-3)44(58-38(28)42(52)46-32-18-11-6-12-19-32)49-43(53)39(30-14-7-4-8-15-30)57-35-21-13-20-33(27-35)47-41(51)36(26-29-22-24-34(55-2)25-23-29)48-40(50)31-16-9-5-10-17-31/h4-27,39H,1-3H3,(H,46,52)(H,47,51)(H,48,50)(H,49,53)/b36-26+. The number of rotatable bonds is 14. The zero-order valence-corrected chi connectivity index (χ0v) is 33.2.